The zero-order valence-corrected chi connectivity index (χ0v) is 13.9. The summed E-state index contributed by atoms with van der Waals surface area (Å²) in [5.74, 6) is -2.54. The molecule has 0 aromatic heterocycles. The van der Waals surface area contributed by atoms with Gasteiger partial charge in [0.2, 0.25) is 0 Å². The Kier molecular flexibility index (Phi) is 5.36. The van der Waals surface area contributed by atoms with Gasteiger partial charge < -0.3 is 4.74 Å². The first kappa shape index (κ1) is 18.1. The van der Waals surface area contributed by atoms with Gasteiger partial charge in [-0.15, -0.1) is 0 Å². The predicted molar refractivity (Wildman–Crippen MR) is 85.6 cm³/mol. The minimum Gasteiger partial charge on any atom is -0.451 e. The number of rotatable bonds is 5. The van der Waals surface area contributed by atoms with Crippen molar-refractivity contribution in [2.45, 2.75) is 11.8 Å². The van der Waals surface area contributed by atoms with Gasteiger partial charge in [0.1, 0.15) is 12.0 Å². The van der Waals surface area contributed by atoms with E-state index in [-0.39, 0.29) is 16.2 Å². The van der Waals surface area contributed by atoms with Crippen molar-refractivity contribution in [3.05, 3.63) is 59.2 Å². The zero-order valence-electron chi connectivity index (χ0n) is 12.3. The Balaban J connectivity index is 2.32. The number of allylic oxidation sites excluding steroid dienone is 1. The van der Waals surface area contributed by atoms with Crippen LogP contribution in [0.3, 0.4) is 0 Å². The van der Waals surface area contributed by atoms with Gasteiger partial charge in [0.05, 0.1) is 4.90 Å². The number of carbonyl (C=O) groups excluding carboxylic acids is 1. The van der Waals surface area contributed by atoms with Gasteiger partial charge in [0.25, 0.3) is 9.05 Å². The molecule has 0 bridgehead atoms. The van der Waals surface area contributed by atoms with Crippen molar-refractivity contribution in [3.8, 4) is 11.5 Å². The Labute approximate surface area is 141 Å². The van der Waals surface area contributed by atoms with Crippen molar-refractivity contribution in [2.75, 3.05) is 0 Å². The number of ether oxygens (including phenoxy) is 1. The fraction of sp³-hybridized carbons (Fsp3) is 0.0625. The van der Waals surface area contributed by atoms with Crippen LogP contribution in [0.4, 0.5) is 8.78 Å². The molecule has 0 N–H and O–H groups in total. The molecule has 0 saturated heterocycles. The summed E-state index contributed by atoms with van der Waals surface area (Å²) in [6.07, 6.45) is 1.88. The lowest BCUT2D eigenvalue weighted by atomic mass is 10.1. The molecule has 2 aromatic carbocycles. The predicted octanol–water partition coefficient (Wildman–Crippen LogP) is 4.29. The standard InChI is InChI=1S/C16H11ClF2O4S/c1-10(9-20)6-11-7-14(18)16(15(19)8-11)23-12-2-4-13(5-3-12)24(17,21)22/h2-9H,1H3/b10-6+. The van der Waals surface area contributed by atoms with Crippen molar-refractivity contribution in [2.24, 2.45) is 0 Å². The van der Waals surface area contributed by atoms with Gasteiger partial charge in [0, 0.05) is 10.7 Å². The smallest absolute Gasteiger partial charge is 0.261 e. The van der Waals surface area contributed by atoms with Crippen molar-refractivity contribution in [1.29, 1.82) is 0 Å². The van der Waals surface area contributed by atoms with Crippen LogP contribution in [0.2, 0.25) is 0 Å². The van der Waals surface area contributed by atoms with E-state index in [1.807, 2.05) is 0 Å². The SMILES string of the molecule is C/C(C=O)=C\c1cc(F)c(Oc2ccc(S(=O)(=O)Cl)cc2)c(F)c1. The van der Waals surface area contributed by atoms with E-state index in [2.05, 4.69) is 0 Å². The van der Waals surface area contributed by atoms with Gasteiger partial charge >= 0.3 is 0 Å². The highest BCUT2D eigenvalue weighted by Crippen LogP contribution is 2.30. The largest absolute Gasteiger partial charge is 0.451 e. The lowest BCUT2D eigenvalue weighted by Crippen LogP contribution is -1.95. The number of carbonyl (C=O) groups is 1. The topological polar surface area (TPSA) is 60.4 Å². The normalized spacial score (nSPS) is 12.1. The number of halogens is 3. The molecule has 0 aliphatic heterocycles. The van der Waals surface area contributed by atoms with E-state index >= 15 is 0 Å². The van der Waals surface area contributed by atoms with Crippen molar-refractivity contribution in [3.63, 3.8) is 0 Å². The fourth-order valence-electron chi connectivity index (χ4n) is 1.85. The van der Waals surface area contributed by atoms with E-state index in [4.69, 9.17) is 15.4 Å². The monoisotopic (exact) mass is 372 g/mol. The lowest BCUT2D eigenvalue weighted by molar-refractivity contribution is -0.104. The molecular weight excluding hydrogens is 362 g/mol. The van der Waals surface area contributed by atoms with E-state index in [9.17, 15) is 22.0 Å². The van der Waals surface area contributed by atoms with Crippen LogP contribution >= 0.6 is 10.7 Å². The van der Waals surface area contributed by atoms with Crippen LogP contribution in [0.25, 0.3) is 6.08 Å². The summed E-state index contributed by atoms with van der Waals surface area (Å²) in [5.41, 5.74) is 0.478. The molecule has 126 valence electrons. The van der Waals surface area contributed by atoms with Gasteiger partial charge in [-0.3, -0.25) is 4.79 Å². The Bertz CT molecular complexity index is 883. The first-order valence-electron chi connectivity index (χ1n) is 6.56. The third-order valence-corrected chi connectivity index (χ3v) is 4.30. The second-order valence-corrected chi connectivity index (χ2v) is 7.40. The van der Waals surface area contributed by atoms with Crippen LogP contribution < -0.4 is 4.74 Å². The highest BCUT2D eigenvalue weighted by Gasteiger charge is 2.14. The van der Waals surface area contributed by atoms with Gasteiger partial charge in [-0.25, -0.2) is 17.2 Å². The Hall–Kier alpha value is -2.25. The van der Waals surface area contributed by atoms with E-state index in [0.29, 0.717) is 11.9 Å². The van der Waals surface area contributed by atoms with Crippen molar-refractivity contribution >= 4 is 32.1 Å². The molecule has 0 atom stereocenters. The fourth-order valence-corrected chi connectivity index (χ4v) is 2.62. The highest BCUT2D eigenvalue weighted by atomic mass is 35.7. The molecule has 2 rings (SSSR count). The summed E-state index contributed by atoms with van der Waals surface area (Å²) < 4.78 is 55.4. The maximum Gasteiger partial charge on any atom is 0.261 e. The molecular formula is C16H11ClF2O4S. The molecule has 4 nitrogen and oxygen atoms in total. The average Bonchev–Trinajstić information content (AvgIpc) is 2.50. The first-order valence-corrected chi connectivity index (χ1v) is 8.87. The van der Waals surface area contributed by atoms with Gasteiger partial charge in [-0.2, -0.15) is 0 Å². The third kappa shape index (κ3) is 4.39. The second-order valence-electron chi connectivity index (χ2n) is 4.83. The molecule has 0 fully saturated rings. The highest BCUT2D eigenvalue weighted by molar-refractivity contribution is 8.13. The molecule has 0 saturated carbocycles. The maximum atomic E-state index is 14.0. The van der Waals surface area contributed by atoms with Gasteiger partial charge in [-0.05, 0) is 60.5 Å². The van der Waals surface area contributed by atoms with Crippen molar-refractivity contribution < 1.29 is 26.7 Å². The van der Waals surface area contributed by atoms with Crippen LogP contribution in [-0.2, 0) is 13.8 Å². The van der Waals surface area contributed by atoms with Crippen molar-refractivity contribution in [1.82, 2.24) is 0 Å². The Morgan fingerprint density at radius 2 is 1.67 bits per heavy atom. The Morgan fingerprint density at radius 3 is 2.12 bits per heavy atom. The molecule has 24 heavy (non-hydrogen) atoms. The number of benzene rings is 2. The lowest BCUT2D eigenvalue weighted by Gasteiger charge is -2.09. The molecule has 0 amide bonds. The minimum atomic E-state index is -3.89. The van der Waals surface area contributed by atoms with Gasteiger partial charge in [-0.1, -0.05) is 0 Å². The molecule has 2 aromatic rings. The number of hydrogen-bond donors (Lipinski definition) is 0. The zero-order chi connectivity index (χ0) is 17.9. The first-order chi connectivity index (χ1) is 11.2. The van der Waals surface area contributed by atoms with Crippen LogP contribution in [0.15, 0.2) is 46.9 Å². The van der Waals surface area contributed by atoms with Crippen LogP contribution in [0, 0.1) is 11.6 Å². The quantitative estimate of drug-likeness (QED) is 0.446. The van der Waals surface area contributed by atoms with Crippen LogP contribution in [-0.4, -0.2) is 14.7 Å². The molecule has 0 spiro atoms. The van der Waals surface area contributed by atoms with Gasteiger partial charge in [0.15, 0.2) is 17.4 Å². The molecule has 0 heterocycles. The van der Waals surface area contributed by atoms with E-state index < -0.39 is 26.4 Å². The molecule has 0 aliphatic rings. The summed E-state index contributed by atoms with van der Waals surface area (Å²) in [4.78, 5) is 10.4. The average molecular weight is 373 g/mol. The molecule has 8 heteroatoms. The summed E-state index contributed by atoms with van der Waals surface area (Å²) in [5, 5.41) is 0. The second kappa shape index (κ2) is 7.11. The number of aldehydes is 1. The maximum absolute atomic E-state index is 14.0. The molecule has 0 radical (unpaired) electrons. The number of hydrogen-bond acceptors (Lipinski definition) is 4. The van der Waals surface area contributed by atoms with Crippen LogP contribution in [0.1, 0.15) is 12.5 Å². The summed E-state index contributed by atoms with van der Waals surface area (Å²) >= 11 is 0. The van der Waals surface area contributed by atoms with E-state index in [1.54, 1.807) is 0 Å². The molecule has 0 aliphatic carbocycles. The Morgan fingerprint density at radius 1 is 1.12 bits per heavy atom. The minimum absolute atomic E-state index is 0.0317. The molecule has 0 unspecified atom stereocenters. The summed E-state index contributed by atoms with van der Waals surface area (Å²) in [6, 6.07) is 6.78. The summed E-state index contributed by atoms with van der Waals surface area (Å²) in [6.45, 7) is 1.50. The summed E-state index contributed by atoms with van der Waals surface area (Å²) in [7, 11) is 1.28. The third-order valence-electron chi connectivity index (χ3n) is 2.93. The van der Waals surface area contributed by atoms with E-state index in [1.165, 1.54) is 25.1 Å². The van der Waals surface area contributed by atoms with Crippen LogP contribution in [0.5, 0.6) is 11.5 Å². The van der Waals surface area contributed by atoms with E-state index in [0.717, 1.165) is 24.3 Å².